The number of carbonyl (C=O) groups is 2. The van der Waals surface area contributed by atoms with Crippen molar-refractivity contribution in [1.29, 1.82) is 0 Å². The van der Waals surface area contributed by atoms with Gasteiger partial charge in [0, 0.05) is 18.7 Å². The van der Waals surface area contributed by atoms with E-state index in [1.807, 2.05) is 0 Å². The lowest BCUT2D eigenvalue weighted by Crippen LogP contribution is -2.26. The molecule has 0 amide bonds. The lowest BCUT2D eigenvalue weighted by atomic mass is 10.1. The minimum atomic E-state index is -1.16. The highest BCUT2D eigenvalue weighted by Crippen LogP contribution is 2.17. The van der Waals surface area contributed by atoms with Gasteiger partial charge in [0.2, 0.25) is 0 Å². The van der Waals surface area contributed by atoms with Gasteiger partial charge in [-0.3, -0.25) is 4.79 Å². The number of aliphatic carboxylic acids is 1. The van der Waals surface area contributed by atoms with Gasteiger partial charge >= 0.3 is 5.97 Å². The highest BCUT2D eigenvalue weighted by molar-refractivity contribution is 6.10. The molecule has 0 spiro atoms. The number of ketones is 1. The van der Waals surface area contributed by atoms with E-state index in [0.29, 0.717) is 11.3 Å². The molecule has 1 aromatic carbocycles. The molecule has 0 aliphatic carbocycles. The summed E-state index contributed by atoms with van der Waals surface area (Å²) in [5.41, 5.74) is 0.910. The third-order valence-corrected chi connectivity index (χ3v) is 1.93. The molecule has 0 saturated carbocycles. The van der Waals surface area contributed by atoms with Crippen molar-refractivity contribution in [3.05, 3.63) is 42.0 Å². The van der Waals surface area contributed by atoms with E-state index >= 15 is 0 Å². The fraction of sp³-hybridized carbons (Fsp3) is 0.0909. The number of carboxylic acids is 1. The molecule has 1 rings (SSSR count). The lowest BCUT2D eigenvalue weighted by Gasteiger charge is -2.14. The van der Waals surface area contributed by atoms with E-state index < -0.39 is 11.8 Å². The second-order valence-electron chi connectivity index (χ2n) is 3.16. The maximum absolute atomic E-state index is 11.6. The summed E-state index contributed by atoms with van der Waals surface area (Å²) >= 11 is 0. The third-order valence-electron chi connectivity index (χ3n) is 1.93. The highest BCUT2D eigenvalue weighted by Gasteiger charge is 2.09. The van der Waals surface area contributed by atoms with Crippen molar-refractivity contribution in [1.82, 2.24) is 0 Å². The van der Waals surface area contributed by atoms with E-state index in [1.54, 1.807) is 31.3 Å². The molecular formula is C11H12N2O3. The van der Waals surface area contributed by atoms with Gasteiger partial charge < -0.3 is 10.1 Å². The molecule has 3 N–H and O–H groups in total. The molecule has 1 aromatic rings. The monoisotopic (exact) mass is 220 g/mol. The molecule has 0 aliphatic heterocycles. The number of nitrogens with two attached hydrogens (primary N) is 1. The Hall–Kier alpha value is -2.14. The molecule has 84 valence electrons. The minimum absolute atomic E-state index is 0.366. The first kappa shape index (κ1) is 11.9. The van der Waals surface area contributed by atoms with Crippen molar-refractivity contribution in [3.63, 3.8) is 0 Å². The van der Waals surface area contributed by atoms with Crippen molar-refractivity contribution in [3.8, 4) is 0 Å². The summed E-state index contributed by atoms with van der Waals surface area (Å²) in [6, 6.07) is 6.71. The average molecular weight is 220 g/mol. The number of para-hydroxylation sites is 1. The molecule has 0 saturated heterocycles. The van der Waals surface area contributed by atoms with Crippen LogP contribution in [0.5, 0.6) is 0 Å². The van der Waals surface area contributed by atoms with Gasteiger partial charge in [0.25, 0.3) is 0 Å². The molecule has 0 heterocycles. The fourth-order valence-corrected chi connectivity index (χ4v) is 1.23. The number of hydrogen-bond acceptors (Lipinski definition) is 4. The molecule has 5 nitrogen and oxygen atoms in total. The lowest BCUT2D eigenvalue weighted by molar-refractivity contribution is -0.131. The Morgan fingerprint density at radius 1 is 1.31 bits per heavy atom. The normalized spacial score (nSPS) is 10.4. The van der Waals surface area contributed by atoms with Crippen LogP contribution in [0, 0.1) is 0 Å². The first-order valence-electron chi connectivity index (χ1n) is 4.55. The molecule has 0 aromatic heterocycles. The third kappa shape index (κ3) is 2.93. The van der Waals surface area contributed by atoms with Gasteiger partial charge in [-0.05, 0) is 18.2 Å². The summed E-state index contributed by atoms with van der Waals surface area (Å²) in [7, 11) is 1.60. The number of hydrazine groups is 1. The SMILES string of the molecule is CN(N)c1ccccc1C(=O)C=CC(=O)O. The molecule has 0 bridgehead atoms. The van der Waals surface area contributed by atoms with E-state index in [0.717, 1.165) is 12.2 Å². The number of hydrogen-bond donors (Lipinski definition) is 2. The zero-order valence-electron chi connectivity index (χ0n) is 8.75. The maximum Gasteiger partial charge on any atom is 0.328 e. The van der Waals surface area contributed by atoms with Gasteiger partial charge in [0.1, 0.15) is 0 Å². The molecule has 0 aliphatic rings. The first-order chi connectivity index (χ1) is 7.52. The van der Waals surface area contributed by atoms with Crippen LogP contribution >= 0.6 is 0 Å². The standard InChI is InChI=1S/C11H12N2O3/c1-13(12)9-5-3-2-4-8(9)10(14)6-7-11(15)16/h2-7H,12H2,1H3,(H,15,16). The van der Waals surface area contributed by atoms with Gasteiger partial charge in [0.05, 0.1) is 5.69 Å². The summed E-state index contributed by atoms with van der Waals surface area (Å²) in [6.07, 6.45) is 1.81. The number of allylic oxidation sites excluding steroid dienone is 1. The van der Waals surface area contributed by atoms with E-state index in [-0.39, 0.29) is 0 Å². The molecular weight excluding hydrogens is 208 g/mol. The highest BCUT2D eigenvalue weighted by atomic mass is 16.4. The van der Waals surface area contributed by atoms with Gasteiger partial charge in [-0.15, -0.1) is 0 Å². The topological polar surface area (TPSA) is 83.6 Å². The van der Waals surface area contributed by atoms with Gasteiger partial charge in [-0.1, -0.05) is 12.1 Å². The van der Waals surface area contributed by atoms with Crippen molar-refractivity contribution >= 4 is 17.4 Å². The van der Waals surface area contributed by atoms with Gasteiger partial charge in [0.15, 0.2) is 5.78 Å². The predicted octanol–water partition coefficient (Wildman–Crippen LogP) is 0.820. The Labute approximate surface area is 92.8 Å². The van der Waals surface area contributed by atoms with Crippen molar-refractivity contribution in [2.24, 2.45) is 5.84 Å². The van der Waals surface area contributed by atoms with Crippen LogP contribution in [0.25, 0.3) is 0 Å². The van der Waals surface area contributed by atoms with Crippen LogP contribution < -0.4 is 10.9 Å². The number of nitrogens with zero attached hydrogens (tertiary/aromatic N) is 1. The summed E-state index contributed by atoms with van der Waals surface area (Å²) in [5.74, 6) is 4.00. The molecule has 0 unspecified atom stereocenters. The molecule has 0 fully saturated rings. The van der Waals surface area contributed by atoms with E-state index in [1.165, 1.54) is 5.01 Å². The smallest absolute Gasteiger partial charge is 0.328 e. The number of rotatable bonds is 4. The molecule has 0 atom stereocenters. The summed E-state index contributed by atoms with van der Waals surface area (Å²) in [4.78, 5) is 21.9. The Bertz CT molecular complexity index is 439. The van der Waals surface area contributed by atoms with Gasteiger partial charge in [-0.2, -0.15) is 0 Å². The predicted molar refractivity (Wildman–Crippen MR) is 60.1 cm³/mol. The van der Waals surface area contributed by atoms with Gasteiger partial charge in [-0.25, -0.2) is 10.6 Å². The molecule has 5 heteroatoms. The second kappa shape index (κ2) is 5.09. The second-order valence-corrected chi connectivity index (χ2v) is 3.16. The fourth-order valence-electron chi connectivity index (χ4n) is 1.23. The molecule has 0 radical (unpaired) electrons. The van der Waals surface area contributed by atoms with Crippen LogP contribution in [0.3, 0.4) is 0 Å². The van der Waals surface area contributed by atoms with Crippen molar-refractivity contribution in [2.45, 2.75) is 0 Å². The van der Waals surface area contributed by atoms with Crippen LogP contribution in [0.4, 0.5) is 5.69 Å². The van der Waals surface area contributed by atoms with Crippen molar-refractivity contribution < 1.29 is 14.7 Å². The van der Waals surface area contributed by atoms with Crippen LogP contribution in [0.2, 0.25) is 0 Å². The van der Waals surface area contributed by atoms with Crippen LogP contribution in [0.1, 0.15) is 10.4 Å². The largest absolute Gasteiger partial charge is 0.478 e. The Balaban J connectivity index is 3.04. The van der Waals surface area contributed by atoms with Crippen molar-refractivity contribution in [2.75, 3.05) is 12.1 Å². The Kier molecular flexibility index (Phi) is 3.79. The van der Waals surface area contributed by atoms with Crippen LogP contribution in [0.15, 0.2) is 36.4 Å². The Morgan fingerprint density at radius 2 is 1.94 bits per heavy atom. The number of carbonyl (C=O) groups excluding carboxylic acids is 1. The van der Waals surface area contributed by atoms with Crippen LogP contribution in [-0.4, -0.2) is 23.9 Å². The van der Waals surface area contributed by atoms with E-state index in [4.69, 9.17) is 10.9 Å². The Morgan fingerprint density at radius 3 is 2.50 bits per heavy atom. The summed E-state index contributed by atoms with van der Waals surface area (Å²) < 4.78 is 0. The zero-order chi connectivity index (χ0) is 12.1. The number of anilines is 1. The average Bonchev–Trinajstić information content (AvgIpc) is 2.25. The minimum Gasteiger partial charge on any atom is -0.478 e. The summed E-state index contributed by atoms with van der Waals surface area (Å²) in [5, 5.41) is 9.72. The van der Waals surface area contributed by atoms with Crippen LogP contribution in [-0.2, 0) is 4.79 Å². The number of carboxylic acid groups (broad SMARTS) is 1. The maximum atomic E-state index is 11.6. The molecule has 16 heavy (non-hydrogen) atoms. The van der Waals surface area contributed by atoms with E-state index in [9.17, 15) is 9.59 Å². The quantitative estimate of drug-likeness (QED) is 0.339. The zero-order valence-corrected chi connectivity index (χ0v) is 8.75. The summed E-state index contributed by atoms with van der Waals surface area (Å²) in [6.45, 7) is 0. The number of benzene rings is 1. The van der Waals surface area contributed by atoms with E-state index in [2.05, 4.69) is 0 Å². The first-order valence-corrected chi connectivity index (χ1v) is 4.55.